The van der Waals surface area contributed by atoms with Crippen LogP contribution in [0.15, 0.2) is 0 Å². The van der Waals surface area contributed by atoms with E-state index in [0.29, 0.717) is 5.92 Å². The van der Waals surface area contributed by atoms with Gasteiger partial charge in [0.05, 0.1) is 0 Å². The topological polar surface area (TPSA) is 33.6 Å². The largest absolute Gasteiger partial charge is 0.304 e. The Kier molecular flexibility index (Phi) is 4.32. The van der Waals surface area contributed by atoms with Crippen molar-refractivity contribution in [1.29, 1.82) is 0 Å². The molecule has 0 saturated heterocycles. The summed E-state index contributed by atoms with van der Waals surface area (Å²) in [6, 6.07) is 0. The van der Waals surface area contributed by atoms with Crippen LogP contribution in [0.5, 0.6) is 0 Å². The zero-order valence-corrected chi connectivity index (χ0v) is 10.0. The highest BCUT2D eigenvalue weighted by molar-refractivity contribution is 7.71. The second-order valence-electron chi connectivity index (χ2n) is 3.70. The van der Waals surface area contributed by atoms with E-state index in [2.05, 4.69) is 35.5 Å². The average molecular weight is 213 g/mol. The van der Waals surface area contributed by atoms with E-state index in [1.807, 2.05) is 0 Å². The maximum atomic E-state index is 5.20. The molecular weight excluding hydrogens is 194 g/mol. The minimum absolute atomic E-state index is 0.486. The van der Waals surface area contributed by atoms with E-state index in [9.17, 15) is 0 Å². The summed E-state index contributed by atoms with van der Waals surface area (Å²) in [6.07, 6.45) is 3.45. The molecule has 0 bridgehead atoms. The summed E-state index contributed by atoms with van der Waals surface area (Å²) in [5, 5.41) is 7.16. The Morgan fingerprint density at radius 3 is 2.79 bits per heavy atom. The third-order valence-corrected chi connectivity index (χ3v) is 2.89. The van der Waals surface area contributed by atoms with Gasteiger partial charge in [-0.2, -0.15) is 5.10 Å². The van der Waals surface area contributed by atoms with Crippen molar-refractivity contribution in [2.75, 3.05) is 0 Å². The van der Waals surface area contributed by atoms with Gasteiger partial charge in [0.15, 0.2) is 4.77 Å². The molecule has 0 spiro atoms. The summed E-state index contributed by atoms with van der Waals surface area (Å²) in [6.45, 7) is 7.54. The molecule has 14 heavy (non-hydrogen) atoms. The van der Waals surface area contributed by atoms with Crippen molar-refractivity contribution < 1.29 is 0 Å². The zero-order chi connectivity index (χ0) is 10.6. The van der Waals surface area contributed by atoms with Crippen molar-refractivity contribution in [3.8, 4) is 0 Å². The number of unbranched alkanes of at least 4 members (excludes halogenated alkanes) is 1. The third kappa shape index (κ3) is 2.44. The first-order valence-corrected chi connectivity index (χ1v) is 5.76. The fourth-order valence-corrected chi connectivity index (χ4v) is 1.65. The van der Waals surface area contributed by atoms with Crippen LogP contribution in [-0.2, 0) is 6.54 Å². The molecule has 1 aromatic heterocycles. The monoisotopic (exact) mass is 213 g/mol. The molecule has 0 radical (unpaired) electrons. The Morgan fingerprint density at radius 1 is 1.50 bits per heavy atom. The summed E-state index contributed by atoms with van der Waals surface area (Å²) < 4.78 is 2.89. The molecule has 1 N–H and O–H groups in total. The number of nitrogens with one attached hydrogen (secondary N) is 1. The smallest absolute Gasteiger partial charge is 0.195 e. The van der Waals surface area contributed by atoms with Gasteiger partial charge in [0.25, 0.3) is 0 Å². The van der Waals surface area contributed by atoms with Crippen molar-refractivity contribution in [1.82, 2.24) is 14.8 Å². The Morgan fingerprint density at radius 2 is 2.21 bits per heavy atom. The molecule has 3 nitrogen and oxygen atoms in total. The van der Waals surface area contributed by atoms with Gasteiger partial charge >= 0.3 is 0 Å². The molecule has 1 atom stereocenters. The fourth-order valence-electron chi connectivity index (χ4n) is 1.42. The van der Waals surface area contributed by atoms with Gasteiger partial charge in [0.1, 0.15) is 5.82 Å². The molecule has 1 heterocycles. The molecule has 0 aliphatic carbocycles. The molecule has 0 aliphatic heterocycles. The maximum Gasteiger partial charge on any atom is 0.195 e. The van der Waals surface area contributed by atoms with Crippen LogP contribution in [0.3, 0.4) is 0 Å². The fraction of sp³-hybridized carbons (Fsp3) is 0.800. The maximum absolute atomic E-state index is 5.20. The van der Waals surface area contributed by atoms with E-state index >= 15 is 0 Å². The lowest BCUT2D eigenvalue weighted by atomic mass is 10.1. The average Bonchev–Trinajstić information content (AvgIpc) is 2.56. The first-order valence-electron chi connectivity index (χ1n) is 5.35. The van der Waals surface area contributed by atoms with Crippen LogP contribution in [0.2, 0.25) is 0 Å². The van der Waals surface area contributed by atoms with Crippen LogP contribution in [-0.4, -0.2) is 14.8 Å². The van der Waals surface area contributed by atoms with Crippen LogP contribution in [0.25, 0.3) is 0 Å². The van der Waals surface area contributed by atoms with Crippen molar-refractivity contribution in [2.45, 2.75) is 52.5 Å². The number of nitrogens with zero attached hydrogens (tertiary/aromatic N) is 2. The number of H-pyrrole nitrogens is 1. The third-order valence-electron chi connectivity index (χ3n) is 2.58. The number of hydrogen-bond donors (Lipinski definition) is 1. The second kappa shape index (κ2) is 5.29. The second-order valence-corrected chi connectivity index (χ2v) is 4.09. The molecule has 0 fully saturated rings. The van der Waals surface area contributed by atoms with Gasteiger partial charge in [0, 0.05) is 12.5 Å². The van der Waals surface area contributed by atoms with Crippen LogP contribution < -0.4 is 0 Å². The van der Waals surface area contributed by atoms with E-state index in [4.69, 9.17) is 12.2 Å². The van der Waals surface area contributed by atoms with Gasteiger partial charge in [-0.25, -0.2) is 0 Å². The summed E-state index contributed by atoms with van der Waals surface area (Å²) in [5.41, 5.74) is 0. The van der Waals surface area contributed by atoms with Gasteiger partial charge < -0.3 is 4.57 Å². The number of rotatable bonds is 5. The summed E-state index contributed by atoms with van der Waals surface area (Å²) >= 11 is 5.20. The van der Waals surface area contributed by atoms with Gasteiger partial charge in [0.2, 0.25) is 0 Å². The van der Waals surface area contributed by atoms with Gasteiger partial charge in [-0.05, 0) is 25.1 Å². The van der Waals surface area contributed by atoms with E-state index < -0.39 is 0 Å². The SMILES string of the molecule is CCCCn1c(C(C)CC)n[nH]c1=S. The van der Waals surface area contributed by atoms with Crippen LogP contribution in [0.1, 0.15) is 51.8 Å². The zero-order valence-electron chi connectivity index (χ0n) is 9.21. The molecule has 4 heteroatoms. The Labute approximate surface area is 90.5 Å². The van der Waals surface area contributed by atoms with E-state index in [1.54, 1.807) is 0 Å². The summed E-state index contributed by atoms with van der Waals surface area (Å²) in [5.74, 6) is 1.59. The number of aromatic amines is 1. The van der Waals surface area contributed by atoms with Crippen LogP contribution >= 0.6 is 12.2 Å². The molecule has 1 rings (SSSR count). The Bertz CT molecular complexity index is 326. The number of aromatic nitrogens is 3. The molecule has 1 unspecified atom stereocenters. The first-order chi connectivity index (χ1) is 6.70. The summed E-state index contributed by atoms with van der Waals surface area (Å²) in [4.78, 5) is 0. The lowest BCUT2D eigenvalue weighted by Gasteiger charge is -2.10. The highest BCUT2D eigenvalue weighted by Gasteiger charge is 2.11. The highest BCUT2D eigenvalue weighted by atomic mass is 32.1. The molecule has 0 aromatic carbocycles. The summed E-state index contributed by atoms with van der Waals surface area (Å²) in [7, 11) is 0. The van der Waals surface area contributed by atoms with E-state index in [-0.39, 0.29) is 0 Å². The predicted octanol–water partition coefficient (Wildman–Crippen LogP) is 3.25. The minimum Gasteiger partial charge on any atom is -0.304 e. The van der Waals surface area contributed by atoms with Crippen LogP contribution in [0.4, 0.5) is 0 Å². The molecule has 80 valence electrons. The van der Waals surface area contributed by atoms with Gasteiger partial charge in [-0.1, -0.05) is 27.2 Å². The lowest BCUT2D eigenvalue weighted by molar-refractivity contribution is 0.558. The predicted molar refractivity (Wildman–Crippen MR) is 61.0 cm³/mol. The quantitative estimate of drug-likeness (QED) is 0.762. The van der Waals surface area contributed by atoms with Crippen molar-refractivity contribution in [3.05, 3.63) is 10.6 Å². The Hall–Kier alpha value is -0.640. The first kappa shape index (κ1) is 11.4. The van der Waals surface area contributed by atoms with E-state index in [0.717, 1.165) is 30.0 Å². The molecule has 1 aromatic rings. The molecule has 0 amide bonds. The van der Waals surface area contributed by atoms with Crippen molar-refractivity contribution in [3.63, 3.8) is 0 Å². The van der Waals surface area contributed by atoms with Crippen LogP contribution in [0, 0.1) is 4.77 Å². The molecule has 0 aliphatic rings. The standard InChI is InChI=1S/C10H19N3S/c1-4-6-7-13-9(8(3)5-2)11-12-10(13)14/h8H,4-7H2,1-3H3,(H,12,14). The highest BCUT2D eigenvalue weighted by Crippen LogP contribution is 2.16. The lowest BCUT2D eigenvalue weighted by Crippen LogP contribution is -2.07. The number of hydrogen-bond acceptors (Lipinski definition) is 2. The molecular formula is C10H19N3S. The van der Waals surface area contributed by atoms with Gasteiger partial charge in [-0.3, -0.25) is 5.10 Å². The van der Waals surface area contributed by atoms with Crippen molar-refractivity contribution >= 4 is 12.2 Å². The Balaban J connectivity index is 2.88. The van der Waals surface area contributed by atoms with E-state index in [1.165, 1.54) is 6.42 Å². The van der Waals surface area contributed by atoms with Crippen molar-refractivity contribution in [2.24, 2.45) is 0 Å². The van der Waals surface area contributed by atoms with Gasteiger partial charge in [-0.15, -0.1) is 0 Å². The minimum atomic E-state index is 0.486. The normalized spacial score (nSPS) is 13.1. The molecule has 0 saturated carbocycles.